The van der Waals surface area contributed by atoms with Gasteiger partial charge in [0.15, 0.2) is 0 Å². The summed E-state index contributed by atoms with van der Waals surface area (Å²) in [5.74, 6) is 0. The van der Waals surface area contributed by atoms with Crippen molar-refractivity contribution in [1.82, 2.24) is 0 Å². The Kier molecular flexibility index (Phi) is 2.11. The molecule has 13 heavy (non-hydrogen) atoms. The van der Waals surface area contributed by atoms with Crippen LogP contribution >= 0.6 is 11.8 Å². The van der Waals surface area contributed by atoms with Crippen LogP contribution in [0.2, 0.25) is 0 Å². The second-order valence-electron chi connectivity index (χ2n) is 3.07. The van der Waals surface area contributed by atoms with Gasteiger partial charge in [-0.25, -0.2) is 0 Å². The summed E-state index contributed by atoms with van der Waals surface area (Å²) in [6, 6.07) is 12.3. The zero-order valence-corrected chi connectivity index (χ0v) is 8.10. The van der Waals surface area contributed by atoms with Crippen LogP contribution in [-0.4, -0.2) is 0 Å². The standard InChI is InChI=1S/C11H10ClN/c1-8-6-7-11(13-12)10-5-3-2-4-9(8)10/h2-7,13H,1H3. The second kappa shape index (κ2) is 3.27. The van der Waals surface area contributed by atoms with Gasteiger partial charge in [0, 0.05) is 17.2 Å². The van der Waals surface area contributed by atoms with Crippen molar-refractivity contribution in [1.29, 1.82) is 0 Å². The lowest BCUT2D eigenvalue weighted by atomic mass is 10.0. The van der Waals surface area contributed by atoms with E-state index < -0.39 is 0 Å². The van der Waals surface area contributed by atoms with Crippen LogP contribution in [0.25, 0.3) is 10.8 Å². The van der Waals surface area contributed by atoms with Gasteiger partial charge in [-0.1, -0.05) is 30.3 Å². The highest BCUT2D eigenvalue weighted by atomic mass is 35.5. The van der Waals surface area contributed by atoms with Crippen molar-refractivity contribution in [2.24, 2.45) is 0 Å². The van der Waals surface area contributed by atoms with E-state index in [1.54, 1.807) is 0 Å². The number of fused-ring (bicyclic) bond motifs is 1. The monoisotopic (exact) mass is 191 g/mol. The van der Waals surface area contributed by atoms with Gasteiger partial charge in [0.05, 0.1) is 5.69 Å². The molecule has 0 fully saturated rings. The van der Waals surface area contributed by atoms with Crippen LogP contribution in [0.15, 0.2) is 36.4 Å². The van der Waals surface area contributed by atoms with Crippen LogP contribution in [0.1, 0.15) is 5.56 Å². The third-order valence-electron chi connectivity index (χ3n) is 2.24. The summed E-state index contributed by atoms with van der Waals surface area (Å²) in [4.78, 5) is 2.67. The number of anilines is 1. The molecule has 0 saturated heterocycles. The molecule has 0 amide bonds. The molecule has 66 valence electrons. The lowest BCUT2D eigenvalue weighted by Crippen LogP contribution is -1.84. The first kappa shape index (κ1) is 8.39. The molecule has 2 aromatic carbocycles. The van der Waals surface area contributed by atoms with Gasteiger partial charge < -0.3 is 0 Å². The molecule has 0 atom stereocenters. The van der Waals surface area contributed by atoms with E-state index in [1.165, 1.54) is 10.9 Å². The van der Waals surface area contributed by atoms with E-state index in [9.17, 15) is 0 Å². The highest BCUT2D eigenvalue weighted by molar-refractivity contribution is 6.25. The van der Waals surface area contributed by atoms with Crippen LogP contribution in [0.5, 0.6) is 0 Å². The van der Waals surface area contributed by atoms with Crippen molar-refractivity contribution in [2.75, 3.05) is 4.84 Å². The molecule has 0 unspecified atom stereocenters. The highest BCUT2D eigenvalue weighted by Crippen LogP contribution is 2.26. The average Bonchev–Trinajstić information content (AvgIpc) is 2.19. The Morgan fingerprint density at radius 1 is 1.00 bits per heavy atom. The number of aryl methyl sites for hydroxylation is 1. The van der Waals surface area contributed by atoms with Gasteiger partial charge >= 0.3 is 0 Å². The van der Waals surface area contributed by atoms with E-state index in [0.717, 1.165) is 11.1 Å². The van der Waals surface area contributed by atoms with Crippen molar-refractivity contribution in [3.8, 4) is 0 Å². The second-order valence-corrected chi connectivity index (χ2v) is 3.26. The first-order chi connectivity index (χ1) is 6.33. The van der Waals surface area contributed by atoms with Crippen molar-refractivity contribution in [3.63, 3.8) is 0 Å². The maximum Gasteiger partial charge on any atom is 0.0570 e. The van der Waals surface area contributed by atoms with E-state index in [-0.39, 0.29) is 0 Å². The van der Waals surface area contributed by atoms with Gasteiger partial charge in [-0.3, -0.25) is 4.84 Å². The summed E-state index contributed by atoms with van der Waals surface area (Å²) < 4.78 is 0. The molecular weight excluding hydrogens is 182 g/mol. The molecule has 1 nitrogen and oxygen atoms in total. The van der Waals surface area contributed by atoms with E-state index in [2.05, 4.69) is 30.0 Å². The molecule has 0 aliphatic rings. The Labute approximate surface area is 82.4 Å². The number of halogens is 1. The normalized spacial score (nSPS) is 10.3. The van der Waals surface area contributed by atoms with Crippen LogP contribution in [-0.2, 0) is 0 Å². The maximum absolute atomic E-state index is 5.61. The van der Waals surface area contributed by atoms with Crippen molar-refractivity contribution >= 4 is 28.2 Å². The van der Waals surface area contributed by atoms with E-state index in [4.69, 9.17) is 11.8 Å². The van der Waals surface area contributed by atoms with E-state index in [1.807, 2.05) is 18.2 Å². The largest absolute Gasteiger partial charge is 0.298 e. The van der Waals surface area contributed by atoms with E-state index >= 15 is 0 Å². The minimum absolute atomic E-state index is 0.961. The Balaban J connectivity index is 2.84. The predicted octanol–water partition coefficient (Wildman–Crippen LogP) is 3.71. The van der Waals surface area contributed by atoms with Crippen LogP contribution in [0.3, 0.4) is 0 Å². The third kappa shape index (κ3) is 1.36. The molecule has 1 N–H and O–H groups in total. The van der Waals surface area contributed by atoms with Gasteiger partial charge in [-0.05, 0) is 23.9 Å². The Morgan fingerprint density at radius 2 is 1.69 bits per heavy atom. The van der Waals surface area contributed by atoms with Gasteiger partial charge in [0.1, 0.15) is 0 Å². The Bertz CT molecular complexity index is 437. The SMILES string of the molecule is Cc1ccc(NCl)c2ccccc12. The fraction of sp³-hybridized carbons (Fsp3) is 0.0909. The fourth-order valence-electron chi connectivity index (χ4n) is 1.53. The van der Waals surface area contributed by atoms with Crippen molar-refractivity contribution in [3.05, 3.63) is 42.0 Å². The summed E-state index contributed by atoms with van der Waals surface area (Å²) >= 11 is 5.61. The summed E-state index contributed by atoms with van der Waals surface area (Å²) in [7, 11) is 0. The molecule has 2 heteroatoms. The molecule has 0 aliphatic heterocycles. The maximum atomic E-state index is 5.61. The molecule has 0 saturated carbocycles. The quantitative estimate of drug-likeness (QED) is 0.678. The van der Waals surface area contributed by atoms with Crippen molar-refractivity contribution in [2.45, 2.75) is 6.92 Å². The molecule has 0 heterocycles. The van der Waals surface area contributed by atoms with Crippen LogP contribution in [0.4, 0.5) is 5.69 Å². The molecule has 0 aromatic heterocycles. The van der Waals surface area contributed by atoms with Crippen LogP contribution in [0, 0.1) is 6.92 Å². The minimum atomic E-state index is 0.961. The first-order valence-electron chi connectivity index (χ1n) is 4.18. The number of nitrogens with one attached hydrogen (secondary N) is 1. The summed E-state index contributed by atoms with van der Waals surface area (Å²) in [5, 5.41) is 2.41. The van der Waals surface area contributed by atoms with E-state index in [0.29, 0.717) is 0 Å². The Hall–Kier alpha value is -1.21. The van der Waals surface area contributed by atoms with Crippen LogP contribution < -0.4 is 4.84 Å². The topological polar surface area (TPSA) is 12.0 Å². The molecule has 2 rings (SSSR count). The molecule has 0 bridgehead atoms. The molecule has 0 aliphatic carbocycles. The first-order valence-corrected chi connectivity index (χ1v) is 4.55. The smallest absolute Gasteiger partial charge is 0.0570 e. The molecule has 0 spiro atoms. The average molecular weight is 192 g/mol. The summed E-state index contributed by atoms with van der Waals surface area (Å²) in [6.07, 6.45) is 0. The molecule has 0 radical (unpaired) electrons. The lowest BCUT2D eigenvalue weighted by Gasteiger charge is -2.06. The highest BCUT2D eigenvalue weighted by Gasteiger charge is 2.00. The minimum Gasteiger partial charge on any atom is -0.298 e. The van der Waals surface area contributed by atoms with Crippen molar-refractivity contribution < 1.29 is 0 Å². The van der Waals surface area contributed by atoms with Gasteiger partial charge in [-0.2, -0.15) is 0 Å². The Morgan fingerprint density at radius 3 is 2.38 bits per heavy atom. The van der Waals surface area contributed by atoms with Gasteiger partial charge in [-0.15, -0.1) is 0 Å². The van der Waals surface area contributed by atoms with Gasteiger partial charge in [0.2, 0.25) is 0 Å². The molecular formula is C11H10ClN. The lowest BCUT2D eigenvalue weighted by molar-refractivity contribution is 1.53. The number of rotatable bonds is 1. The number of hydrogen-bond donors (Lipinski definition) is 1. The van der Waals surface area contributed by atoms with Gasteiger partial charge in [0.25, 0.3) is 0 Å². The predicted molar refractivity (Wildman–Crippen MR) is 58.2 cm³/mol. The summed E-state index contributed by atoms with van der Waals surface area (Å²) in [5.41, 5.74) is 2.23. The summed E-state index contributed by atoms with van der Waals surface area (Å²) in [6.45, 7) is 2.10. The number of hydrogen-bond acceptors (Lipinski definition) is 1. The zero-order chi connectivity index (χ0) is 9.26. The molecule has 2 aromatic rings. The zero-order valence-electron chi connectivity index (χ0n) is 7.34. The fourth-order valence-corrected chi connectivity index (χ4v) is 1.70. The number of benzene rings is 2. The third-order valence-corrected chi connectivity index (χ3v) is 2.45.